The fraction of sp³-hybridized carbons (Fsp3) is 0.333. The number of halogens is 1. The van der Waals surface area contributed by atoms with Crippen molar-refractivity contribution >= 4 is 18.3 Å². The smallest absolute Gasteiger partial charge is 0.269 e. The third-order valence-electron chi connectivity index (χ3n) is 3.57. The Hall–Kier alpha value is -1.85. The molecule has 1 atom stereocenters. The van der Waals surface area contributed by atoms with Gasteiger partial charge in [0.2, 0.25) is 0 Å². The Morgan fingerprint density at radius 3 is 2.76 bits per heavy atom. The van der Waals surface area contributed by atoms with Crippen LogP contribution in [0.3, 0.4) is 0 Å². The van der Waals surface area contributed by atoms with Gasteiger partial charge < -0.3 is 10.6 Å². The molecule has 0 spiro atoms. The van der Waals surface area contributed by atoms with Crippen LogP contribution in [0, 0.1) is 6.92 Å². The van der Waals surface area contributed by atoms with E-state index in [0.29, 0.717) is 5.69 Å². The molecule has 1 amide bonds. The molecule has 1 aromatic heterocycles. The molecular formula is C15H19ClN4O. The lowest BCUT2D eigenvalue weighted by Gasteiger charge is -2.09. The number of benzene rings is 1. The summed E-state index contributed by atoms with van der Waals surface area (Å²) in [7, 11) is 0. The van der Waals surface area contributed by atoms with Crippen LogP contribution in [0.2, 0.25) is 0 Å². The molecule has 112 valence electrons. The molecule has 0 bridgehead atoms. The number of aryl methyl sites for hydroxylation is 1. The molecule has 5 nitrogen and oxygen atoms in total. The summed E-state index contributed by atoms with van der Waals surface area (Å²) in [6.07, 6.45) is 0.977. The fourth-order valence-corrected chi connectivity index (χ4v) is 2.35. The minimum Gasteiger partial charge on any atom is -0.347 e. The van der Waals surface area contributed by atoms with E-state index in [1.165, 1.54) is 5.56 Å². The van der Waals surface area contributed by atoms with E-state index in [4.69, 9.17) is 0 Å². The Labute approximate surface area is 129 Å². The highest BCUT2D eigenvalue weighted by Crippen LogP contribution is 2.18. The number of hydrogen-bond acceptors (Lipinski definition) is 3. The monoisotopic (exact) mass is 306 g/mol. The van der Waals surface area contributed by atoms with Gasteiger partial charge in [0.05, 0.1) is 5.69 Å². The number of rotatable bonds is 3. The van der Waals surface area contributed by atoms with Gasteiger partial charge in [0, 0.05) is 18.2 Å². The van der Waals surface area contributed by atoms with E-state index in [1.807, 2.05) is 31.2 Å². The standard InChI is InChI=1S/C15H18N4O.ClH/c1-10-2-4-11(5-3-10)13-8-14(19-18-13)15(20)17-12-6-7-16-9-12;/h2-5,8,12,16H,6-7,9H2,1H3,(H,17,20)(H,18,19);1H. The van der Waals surface area contributed by atoms with Gasteiger partial charge in [-0.1, -0.05) is 29.8 Å². The van der Waals surface area contributed by atoms with Gasteiger partial charge in [-0.2, -0.15) is 5.10 Å². The Bertz CT molecular complexity index is 602. The van der Waals surface area contributed by atoms with Crippen LogP contribution < -0.4 is 10.6 Å². The van der Waals surface area contributed by atoms with Crippen molar-refractivity contribution in [3.63, 3.8) is 0 Å². The predicted molar refractivity (Wildman–Crippen MR) is 84.7 cm³/mol. The molecule has 2 aromatic rings. The highest BCUT2D eigenvalue weighted by molar-refractivity contribution is 5.93. The van der Waals surface area contributed by atoms with E-state index in [-0.39, 0.29) is 24.4 Å². The van der Waals surface area contributed by atoms with Gasteiger partial charge in [0.1, 0.15) is 5.69 Å². The Kier molecular flexibility index (Phi) is 4.98. The van der Waals surface area contributed by atoms with E-state index < -0.39 is 0 Å². The Balaban J connectivity index is 0.00000161. The van der Waals surface area contributed by atoms with Crippen molar-refractivity contribution in [2.75, 3.05) is 13.1 Å². The third kappa shape index (κ3) is 3.62. The maximum atomic E-state index is 12.1. The summed E-state index contributed by atoms with van der Waals surface area (Å²) in [5.74, 6) is -0.0930. The summed E-state index contributed by atoms with van der Waals surface area (Å²) < 4.78 is 0. The first-order chi connectivity index (χ1) is 9.72. The van der Waals surface area contributed by atoms with Gasteiger partial charge in [-0.05, 0) is 26.0 Å². The molecule has 2 heterocycles. The average Bonchev–Trinajstić information content (AvgIpc) is 3.10. The lowest BCUT2D eigenvalue weighted by atomic mass is 10.1. The van der Waals surface area contributed by atoms with Gasteiger partial charge in [-0.3, -0.25) is 9.89 Å². The molecule has 0 radical (unpaired) electrons. The van der Waals surface area contributed by atoms with Gasteiger partial charge >= 0.3 is 0 Å². The molecule has 21 heavy (non-hydrogen) atoms. The van der Waals surface area contributed by atoms with Gasteiger partial charge in [0.15, 0.2) is 0 Å². The number of nitrogens with zero attached hydrogens (tertiary/aromatic N) is 1. The summed E-state index contributed by atoms with van der Waals surface area (Å²) in [5.41, 5.74) is 3.51. The van der Waals surface area contributed by atoms with E-state index in [1.54, 1.807) is 6.07 Å². The van der Waals surface area contributed by atoms with Crippen LogP contribution in [-0.4, -0.2) is 35.2 Å². The summed E-state index contributed by atoms with van der Waals surface area (Å²) in [6, 6.07) is 10.1. The molecule has 1 aromatic carbocycles. The second-order valence-corrected chi connectivity index (χ2v) is 5.20. The summed E-state index contributed by atoms with van der Waals surface area (Å²) in [5, 5.41) is 13.2. The SMILES string of the molecule is Cc1ccc(-c2cc(C(=O)NC3CCNC3)[nH]n2)cc1.Cl. The Morgan fingerprint density at radius 2 is 2.10 bits per heavy atom. The van der Waals surface area contributed by atoms with Gasteiger partial charge in [-0.15, -0.1) is 12.4 Å². The molecule has 1 unspecified atom stereocenters. The zero-order valence-electron chi connectivity index (χ0n) is 11.8. The quantitative estimate of drug-likeness (QED) is 0.811. The van der Waals surface area contributed by atoms with Crippen LogP contribution in [0.5, 0.6) is 0 Å². The number of aromatic nitrogens is 2. The highest BCUT2D eigenvalue weighted by Gasteiger charge is 2.18. The maximum Gasteiger partial charge on any atom is 0.269 e. The number of nitrogens with one attached hydrogen (secondary N) is 3. The molecule has 1 aliphatic rings. The topological polar surface area (TPSA) is 69.8 Å². The van der Waals surface area contributed by atoms with Crippen molar-refractivity contribution < 1.29 is 4.79 Å². The van der Waals surface area contributed by atoms with Crippen LogP contribution in [0.1, 0.15) is 22.5 Å². The van der Waals surface area contributed by atoms with Gasteiger partial charge in [-0.25, -0.2) is 0 Å². The number of hydrogen-bond donors (Lipinski definition) is 3. The zero-order valence-corrected chi connectivity index (χ0v) is 12.7. The minimum absolute atomic E-state index is 0. The molecule has 3 rings (SSSR count). The molecule has 1 aliphatic heterocycles. The molecule has 6 heteroatoms. The number of amides is 1. The summed E-state index contributed by atoms with van der Waals surface area (Å²) >= 11 is 0. The normalized spacial score (nSPS) is 17.3. The summed E-state index contributed by atoms with van der Waals surface area (Å²) in [4.78, 5) is 12.1. The van der Waals surface area contributed by atoms with Crippen molar-refractivity contribution in [3.05, 3.63) is 41.6 Å². The summed E-state index contributed by atoms with van der Waals surface area (Å²) in [6.45, 7) is 3.84. The van der Waals surface area contributed by atoms with E-state index in [9.17, 15) is 4.79 Å². The van der Waals surface area contributed by atoms with Crippen molar-refractivity contribution in [1.82, 2.24) is 20.8 Å². The maximum absolute atomic E-state index is 12.1. The number of carbonyl (C=O) groups excluding carboxylic acids is 1. The molecular weight excluding hydrogens is 288 g/mol. The van der Waals surface area contributed by atoms with E-state index in [0.717, 1.165) is 30.8 Å². The van der Waals surface area contributed by atoms with E-state index in [2.05, 4.69) is 20.8 Å². The number of H-pyrrole nitrogens is 1. The first kappa shape index (κ1) is 15.5. The van der Waals surface area contributed by atoms with Crippen molar-refractivity contribution in [3.8, 4) is 11.3 Å². The second-order valence-electron chi connectivity index (χ2n) is 5.20. The van der Waals surface area contributed by atoms with Crippen LogP contribution in [0.15, 0.2) is 30.3 Å². The largest absolute Gasteiger partial charge is 0.347 e. The molecule has 0 aliphatic carbocycles. The highest BCUT2D eigenvalue weighted by atomic mass is 35.5. The van der Waals surface area contributed by atoms with Crippen LogP contribution in [0.4, 0.5) is 0 Å². The number of aromatic amines is 1. The Morgan fingerprint density at radius 1 is 1.33 bits per heavy atom. The average molecular weight is 307 g/mol. The minimum atomic E-state index is -0.0930. The zero-order chi connectivity index (χ0) is 13.9. The van der Waals surface area contributed by atoms with Crippen molar-refractivity contribution in [2.24, 2.45) is 0 Å². The van der Waals surface area contributed by atoms with Crippen molar-refractivity contribution in [2.45, 2.75) is 19.4 Å². The lowest BCUT2D eigenvalue weighted by molar-refractivity contribution is 0.0935. The van der Waals surface area contributed by atoms with E-state index >= 15 is 0 Å². The predicted octanol–water partition coefficient (Wildman–Crippen LogP) is 1.90. The fourth-order valence-electron chi connectivity index (χ4n) is 2.35. The van der Waals surface area contributed by atoms with Crippen LogP contribution in [-0.2, 0) is 0 Å². The lowest BCUT2D eigenvalue weighted by Crippen LogP contribution is -2.36. The van der Waals surface area contributed by atoms with Gasteiger partial charge in [0.25, 0.3) is 5.91 Å². The van der Waals surface area contributed by atoms with Crippen LogP contribution >= 0.6 is 12.4 Å². The second kappa shape index (κ2) is 6.74. The third-order valence-corrected chi connectivity index (χ3v) is 3.57. The molecule has 0 saturated carbocycles. The molecule has 3 N–H and O–H groups in total. The number of carbonyl (C=O) groups is 1. The molecule has 1 fully saturated rings. The van der Waals surface area contributed by atoms with Crippen molar-refractivity contribution in [1.29, 1.82) is 0 Å². The van der Waals surface area contributed by atoms with Crippen LogP contribution in [0.25, 0.3) is 11.3 Å². The first-order valence-corrected chi connectivity index (χ1v) is 6.86. The molecule has 1 saturated heterocycles. The first-order valence-electron chi connectivity index (χ1n) is 6.86.